The molecule has 3 heterocycles. The highest BCUT2D eigenvalue weighted by atomic mass is 32.1. The maximum atomic E-state index is 13.3. The smallest absolute Gasteiger partial charge is 0.264 e. The molecule has 4 rings (SSSR count). The maximum absolute atomic E-state index is 13.3. The molecular weight excluding hydrogens is 380 g/mol. The molecule has 29 heavy (non-hydrogen) atoms. The van der Waals surface area contributed by atoms with Gasteiger partial charge >= 0.3 is 0 Å². The average molecular weight is 409 g/mol. The molecule has 3 aromatic rings. The normalized spacial score (nSPS) is 15.2. The second kappa shape index (κ2) is 7.41. The van der Waals surface area contributed by atoms with Gasteiger partial charge in [-0.05, 0) is 31.5 Å². The quantitative estimate of drug-likeness (QED) is 0.623. The van der Waals surface area contributed by atoms with Crippen LogP contribution in [0.15, 0.2) is 30.3 Å². The topological polar surface area (TPSA) is 49.3 Å². The highest BCUT2D eigenvalue weighted by Gasteiger charge is 2.27. The molecule has 5 nitrogen and oxygen atoms in total. The summed E-state index contributed by atoms with van der Waals surface area (Å²) in [5.41, 5.74) is 3.08. The summed E-state index contributed by atoms with van der Waals surface area (Å²) in [7, 11) is 0. The van der Waals surface area contributed by atoms with Crippen molar-refractivity contribution in [2.24, 2.45) is 0 Å². The van der Waals surface area contributed by atoms with Crippen LogP contribution in [0.25, 0.3) is 10.2 Å². The zero-order valence-corrected chi connectivity index (χ0v) is 18.6. The number of nitrogens with zero attached hydrogens (tertiary/aromatic N) is 4. The Hall–Kier alpha value is -2.47. The highest BCUT2D eigenvalue weighted by Crippen LogP contribution is 2.34. The third kappa shape index (κ3) is 3.73. The molecule has 1 aliphatic rings. The summed E-state index contributed by atoms with van der Waals surface area (Å²) in [5, 5.41) is 1.04. The Kier molecular flexibility index (Phi) is 5.07. The number of piperazine rings is 1. The minimum atomic E-state index is -0.116. The highest BCUT2D eigenvalue weighted by molar-refractivity contribution is 7.20. The molecule has 1 aromatic carbocycles. The van der Waals surface area contributed by atoms with Crippen molar-refractivity contribution < 1.29 is 4.79 Å². The summed E-state index contributed by atoms with van der Waals surface area (Å²) < 4.78 is 0. The second-order valence-corrected chi connectivity index (χ2v) is 9.73. The molecule has 152 valence electrons. The summed E-state index contributed by atoms with van der Waals surface area (Å²) in [6.07, 6.45) is 0. The van der Waals surface area contributed by atoms with Crippen LogP contribution in [0.1, 0.15) is 47.5 Å². The van der Waals surface area contributed by atoms with E-state index in [1.165, 1.54) is 17.0 Å². The molecule has 0 spiro atoms. The van der Waals surface area contributed by atoms with E-state index >= 15 is 0 Å². The van der Waals surface area contributed by atoms with Crippen LogP contribution >= 0.6 is 11.3 Å². The van der Waals surface area contributed by atoms with E-state index in [0.717, 1.165) is 58.4 Å². The first-order valence-corrected chi connectivity index (χ1v) is 10.9. The van der Waals surface area contributed by atoms with E-state index in [2.05, 4.69) is 49.9 Å². The number of para-hydroxylation sites is 1. The van der Waals surface area contributed by atoms with Gasteiger partial charge in [-0.15, -0.1) is 11.3 Å². The summed E-state index contributed by atoms with van der Waals surface area (Å²) in [6.45, 7) is 13.6. The SMILES string of the molecule is Cc1nc(C(C)(C)C)nc2sc(C(=O)N3CCN(c4ccccc4)CC3)c(C)c12. The van der Waals surface area contributed by atoms with E-state index in [1.54, 1.807) is 0 Å². The third-order valence-electron chi connectivity index (χ3n) is 5.52. The van der Waals surface area contributed by atoms with Gasteiger partial charge < -0.3 is 9.80 Å². The third-order valence-corrected chi connectivity index (χ3v) is 6.70. The van der Waals surface area contributed by atoms with Crippen molar-refractivity contribution in [1.29, 1.82) is 0 Å². The minimum Gasteiger partial charge on any atom is -0.368 e. The molecule has 0 bridgehead atoms. The van der Waals surface area contributed by atoms with Gasteiger partial charge in [0.2, 0.25) is 0 Å². The number of carbonyl (C=O) groups excluding carboxylic acids is 1. The number of amides is 1. The van der Waals surface area contributed by atoms with Gasteiger partial charge in [0.05, 0.1) is 10.6 Å². The van der Waals surface area contributed by atoms with Crippen molar-refractivity contribution >= 4 is 33.1 Å². The maximum Gasteiger partial charge on any atom is 0.264 e. The Balaban J connectivity index is 1.58. The van der Waals surface area contributed by atoms with Gasteiger partial charge in [0.15, 0.2) is 0 Å². The molecule has 0 unspecified atom stereocenters. The van der Waals surface area contributed by atoms with Crippen LogP contribution in [0.5, 0.6) is 0 Å². The fraction of sp³-hybridized carbons (Fsp3) is 0.435. The predicted octanol–water partition coefficient (Wildman–Crippen LogP) is 4.57. The number of fused-ring (bicyclic) bond motifs is 1. The molecule has 0 saturated carbocycles. The Labute approximate surface area is 176 Å². The predicted molar refractivity (Wildman–Crippen MR) is 120 cm³/mol. The van der Waals surface area contributed by atoms with E-state index in [0.29, 0.717) is 0 Å². The Morgan fingerprint density at radius 1 is 1.00 bits per heavy atom. The molecule has 1 aliphatic heterocycles. The second-order valence-electron chi connectivity index (χ2n) is 8.73. The van der Waals surface area contributed by atoms with Crippen LogP contribution in [0.4, 0.5) is 5.69 Å². The van der Waals surface area contributed by atoms with E-state index in [-0.39, 0.29) is 11.3 Å². The molecule has 1 saturated heterocycles. The molecule has 1 amide bonds. The molecule has 6 heteroatoms. The standard InChI is InChI=1S/C23H28N4OS/c1-15-18-16(2)24-22(23(3,4)5)25-20(18)29-19(15)21(28)27-13-11-26(12-14-27)17-9-7-6-8-10-17/h6-10H,11-14H2,1-5H3. The number of aryl methyl sites for hydroxylation is 2. The number of hydrogen-bond donors (Lipinski definition) is 0. The van der Waals surface area contributed by atoms with E-state index in [4.69, 9.17) is 9.97 Å². The Morgan fingerprint density at radius 2 is 1.66 bits per heavy atom. The lowest BCUT2D eigenvalue weighted by molar-refractivity contribution is 0.0751. The van der Waals surface area contributed by atoms with Crippen LogP contribution in [0, 0.1) is 13.8 Å². The van der Waals surface area contributed by atoms with E-state index in [1.807, 2.05) is 24.8 Å². The van der Waals surface area contributed by atoms with Gasteiger partial charge in [-0.3, -0.25) is 4.79 Å². The fourth-order valence-electron chi connectivity index (χ4n) is 3.83. The molecule has 0 atom stereocenters. The van der Waals surface area contributed by atoms with Gasteiger partial charge in [-0.25, -0.2) is 9.97 Å². The van der Waals surface area contributed by atoms with Crippen molar-refractivity contribution in [2.75, 3.05) is 31.1 Å². The summed E-state index contributed by atoms with van der Waals surface area (Å²) in [6, 6.07) is 10.4. The lowest BCUT2D eigenvalue weighted by atomic mass is 9.95. The zero-order chi connectivity index (χ0) is 20.8. The molecule has 0 radical (unpaired) electrons. The Morgan fingerprint density at radius 3 is 2.28 bits per heavy atom. The number of rotatable bonds is 2. The molecule has 1 fully saturated rings. The van der Waals surface area contributed by atoms with E-state index in [9.17, 15) is 4.79 Å². The molecule has 2 aromatic heterocycles. The fourth-order valence-corrected chi connectivity index (χ4v) is 5.03. The van der Waals surface area contributed by atoms with Crippen molar-refractivity contribution in [3.05, 3.63) is 52.3 Å². The first-order chi connectivity index (χ1) is 13.8. The number of benzene rings is 1. The van der Waals surface area contributed by atoms with Gasteiger partial charge in [0, 0.05) is 42.7 Å². The van der Waals surface area contributed by atoms with Gasteiger partial charge in [-0.2, -0.15) is 0 Å². The van der Waals surface area contributed by atoms with Crippen LogP contribution in [-0.4, -0.2) is 47.0 Å². The summed E-state index contributed by atoms with van der Waals surface area (Å²) in [5.74, 6) is 0.953. The lowest BCUT2D eigenvalue weighted by Gasteiger charge is -2.36. The first-order valence-electron chi connectivity index (χ1n) is 10.1. The average Bonchev–Trinajstić information content (AvgIpc) is 3.04. The number of thiophene rings is 1. The van der Waals surface area contributed by atoms with Gasteiger partial charge in [-0.1, -0.05) is 39.0 Å². The number of aromatic nitrogens is 2. The van der Waals surface area contributed by atoms with Crippen molar-refractivity contribution in [1.82, 2.24) is 14.9 Å². The number of hydrogen-bond acceptors (Lipinski definition) is 5. The van der Waals surface area contributed by atoms with E-state index < -0.39 is 0 Å². The monoisotopic (exact) mass is 408 g/mol. The van der Waals surface area contributed by atoms with Crippen LogP contribution in [0.3, 0.4) is 0 Å². The number of carbonyl (C=O) groups is 1. The van der Waals surface area contributed by atoms with Crippen molar-refractivity contribution in [3.8, 4) is 0 Å². The lowest BCUT2D eigenvalue weighted by Crippen LogP contribution is -2.48. The van der Waals surface area contributed by atoms with Crippen LogP contribution in [-0.2, 0) is 5.41 Å². The van der Waals surface area contributed by atoms with Gasteiger partial charge in [0.25, 0.3) is 5.91 Å². The molecule has 0 aliphatic carbocycles. The largest absolute Gasteiger partial charge is 0.368 e. The zero-order valence-electron chi connectivity index (χ0n) is 17.8. The summed E-state index contributed by atoms with van der Waals surface area (Å²) >= 11 is 1.51. The van der Waals surface area contributed by atoms with Crippen molar-refractivity contribution in [3.63, 3.8) is 0 Å². The van der Waals surface area contributed by atoms with Crippen LogP contribution in [0.2, 0.25) is 0 Å². The van der Waals surface area contributed by atoms with Crippen LogP contribution < -0.4 is 4.90 Å². The Bertz CT molecular complexity index is 1040. The molecular formula is C23H28N4OS. The van der Waals surface area contributed by atoms with Crippen molar-refractivity contribution in [2.45, 2.75) is 40.0 Å². The summed E-state index contributed by atoms with van der Waals surface area (Å²) in [4.78, 5) is 28.9. The molecule has 0 N–H and O–H groups in total. The minimum absolute atomic E-state index is 0.116. The van der Waals surface area contributed by atoms with Gasteiger partial charge in [0.1, 0.15) is 10.7 Å². The first kappa shape index (κ1) is 19.8. The number of anilines is 1.